The van der Waals surface area contributed by atoms with Gasteiger partial charge in [0.05, 0.1) is 29.6 Å². The zero-order valence-electron chi connectivity index (χ0n) is 14.0. The van der Waals surface area contributed by atoms with E-state index in [2.05, 4.69) is 11.2 Å². The van der Waals surface area contributed by atoms with Crippen LogP contribution in [-0.2, 0) is 6.54 Å². The molecule has 0 fully saturated rings. The molecule has 1 aromatic carbocycles. The molecule has 0 spiro atoms. The first kappa shape index (κ1) is 17.5. The van der Waals surface area contributed by atoms with Gasteiger partial charge in [0.2, 0.25) is 0 Å². The van der Waals surface area contributed by atoms with E-state index >= 15 is 0 Å². The van der Waals surface area contributed by atoms with E-state index in [0.717, 1.165) is 21.5 Å². The molecule has 0 atom stereocenters. The van der Waals surface area contributed by atoms with Crippen LogP contribution in [-0.4, -0.2) is 34.2 Å². The lowest BCUT2D eigenvalue weighted by atomic mass is 10.2. The van der Waals surface area contributed by atoms with Crippen LogP contribution >= 0.6 is 22.9 Å². The fourth-order valence-corrected chi connectivity index (χ4v) is 3.97. The Balaban J connectivity index is 1.92. The molecule has 3 aromatic rings. The minimum absolute atomic E-state index is 0.0693. The van der Waals surface area contributed by atoms with Crippen LogP contribution in [0.4, 0.5) is 0 Å². The molecular weight excluding hydrogens is 356 g/mol. The lowest BCUT2D eigenvalue weighted by molar-refractivity contribution is 0.0803. The molecule has 3 rings (SSSR count). The first-order valence-electron chi connectivity index (χ1n) is 7.84. The van der Waals surface area contributed by atoms with Crippen LogP contribution in [0.2, 0.25) is 5.02 Å². The molecule has 0 radical (unpaired) electrons. The summed E-state index contributed by atoms with van der Waals surface area (Å²) in [6.45, 7) is 2.92. The molecule has 2 aromatic heterocycles. The van der Waals surface area contributed by atoms with E-state index in [4.69, 9.17) is 16.9 Å². The molecule has 5 nitrogen and oxygen atoms in total. The number of nitrogens with zero attached hydrogens (tertiary/aromatic N) is 4. The highest BCUT2D eigenvalue weighted by molar-refractivity contribution is 7.20. The predicted molar refractivity (Wildman–Crippen MR) is 100 cm³/mol. The molecule has 0 aliphatic heterocycles. The van der Waals surface area contributed by atoms with Gasteiger partial charge in [-0.15, -0.1) is 11.3 Å². The Morgan fingerprint density at radius 1 is 1.44 bits per heavy atom. The molecule has 7 heteroatoms. The van der Waals surface area contributed by atoms with Gasteiger partial charge in [0.1, 0.15) is 4.83 Å². The second-order valence-electron chi connectivity index (χ2n) is 5.80. The summed E-state index contributed by atoms with van der Waals surface area (Å²) in [7, 11) is 1.72. The Morgan fingerprint density at radius 3 is 2.92 bits per heavy atom. The standard InChI is InChI=1S/C18H17ClN4OS/c1-12-14-10-16(17(24)22(2)9-5-8-20)25-18(14)23(21-12)11-13-6-3-4-7-15(13)19/h3-4,6-7,10H,5,9,11H2,1-2H3. The Kier molecular flexibility index (Phi) is 5.07. The van der Waals surface area contributed by atoms with Gasteiger partial charge in [-0.05, 0) is 24.6 Å². The number of amides is 1. The summed E-state index contributed by atoms with van der Waals surface area (Å²) in [6, 6.07) is 11.6. The highest BCUT2D eigenvalue weighted by Gasteiger charge is 2.19. The van der Waals surface area contributed by atoms with Gasteiger partial charge < -0.3 is 4.90 Å². The Bertz CT molecular complexity index is 969. The maximum Gasteiger partial charge on any atom is 0.263 e. The van der Waals surface area contributed by atoms with E-state index in [1.165, 1.54) is 11.3 Å². The first-order chi connectivity index (χ1) is 12.0. The highest BCUT2D eigenvalue weighted by atomic mass is 35.5. The Hall–Kier alpha value is -2.36. The maximum atomic E-state index is 12.5. The summed E-state index contributed by atoms with van der Waals surface area (Å²) in [4.78, 5) is 15.7. The van der Waals surface area contributed by atoms with Crippen molar-refractivity contribution < 1.29 is 4.79 Å². The maximum absolute atomic E-state index is 12.5. The number of thiophene rings is 1. The van der Waals surface area contributed by atoms with E-state index in [1.54, 1.807) is 11.9 Å². The average Bonchev–Trinajstić information content (AvgIpc) is 3.16. The molecule has 0 bridgehead atoms. The zero-order valence-corrected chi connectivity index (χ0v) is 15.6. The van der Waals surface area contributed by atoms with E-state index in [9.17, 15) is 4.79 Å². The molecule has 0 saturated heterocycles. The first-order valence-corrected chi connectivity index (χ1v) is 9.03. The number of carbonyl (C=O) groups excluding carboxylic acids is 1. The van der Waals surface area contributed by atoms with Crippen LogP contribution in [0.5, 0.6) is 0 Å². The second-order valence-corrected chi connectivity index (χ2v) is 7.24. The van der Waals surface area contributed by atoms with Gasteiger partial charge in [-0.25, -0.2) is 0 Å². The van der Waals surface area contributed by atoms with Crippen molar-refractivity contribution in [3.63, 3.8) is 0 Å². The summed E-state index contributed by atoms with van der Waals surface area (Å²) < 4.78 is 1.89. The third-order valence-corrected chi connectivity index (χ3v) is 5.51. The van der Waals surface area contributed by atoms with Crippen LogP contribution in [0.25, 0.3) is 10.2 Å². The van der Waals surface area contributed by atoms with Crippen LogP contribution in [0.3, 0.4) is 0 Å². The number of aryl methyl sites for hydroxylation is 1. The number of nitriles is 1. The lowest BCUT2D eigenvalue weighted by Crippen LogP contribution is -2.26. The molecule has 2 heterocycles. The fraction of sp³-hybridized carbons (Fsp3) is 0.278. The van der Waals surface area contributed by atoms with Gasteiger partial charge in [0, 0.05) is 24.0 Å². The van der Waals surface area contributed by atoms with Crippen molar-refractivity contribution in [3.8, 4) is 6.07 Å². The molecule has 0 aliphatic carbocycles. The predicted octanol–water partition coefficient (Wildman–Crippen LogP) is 4.09. The van der Waals surface area contributed by atoms with Crippen molar-refractivity contribution in [2.75, 3.05) is 13.6 Å². The molecule has 0 N–H and O–H groups in total. The molecule has 0 unspecified atom stereocenters. The SMILES string of the molecule is Cc1nn(Cc2ccccc2Cl)c2sc(C(=O)N(C)CCC#N)cc12. The van der Waals surface area contributed by atoms with Gasteiger partial charge in [0.15, 0.2) is 0 Å². The topological polar surface area (TPSA) is 61.9 Å². The number of fused-ring (bicyclic) bond motifs is 1. The number of carbonyl (C=O) groups is 1. The number of aromatic nitrogens is 2. The Morgan fingerprint density at radius 2 is 2.20 bits per heavy atom. The summed E-state index contributed by atoms with van der Waals surface area (Å²) in [6.07, 6.45) is 0.326. The average molecular weight is 373 g/mol. The smallest absolute Gasteiger partial charge is 0.263 e. The van der Waals surface area contributed by atoms with Crippen molar-refractivity contribution in [1.29, 1.82) is 5.26 Å². The van der Waals surface area contributed by atoms with Gasteiger partial charge in [-0.2, -0.15) is 10.4 Å². The molecule has 1 amide bonds. The minimum atomic E-state index is -0.0693. The second kappa shape index (κ2) is 7.26. The normalized spacial score (nSPS) is 10.8. The van der Waals surface area contributed by atoms with Crippen LogP contribution in [0.1, 0.15) is 27.3 Å². The highest BCUT2D eigenvalue weighted by Crippen LogP contribution is 2.30. The molecular formula is C18H17ClN4OS. The summed E-state index contributed by atoms with van der Waals surface area (Å²) >= 11 is 7.68. The van der Waals surface area contributed by atoms with E-state index in [1.807, 2.05) is 41.9 Å². The van der Waals surface area contributed by atoms with Gasteiger partial charge in [0.25, 0.3) is 5.91 Å². The fourth-order valence-electron chi connectivity index (χ4n) is 2.62. The van der Waals surface area contributed by atoms with Crippen molar-refractivity contribution in [1.82, 2.24) is 14.7 Å². The van der Waals surface area contributed by atoms with Gasteiger partial charge in [-0.1, -0.05) is 29.8 Å². The molecule has 25 heavy (non-hydrogen) atoms. The van der Waals surface area contributed by atoms with Crippen molar-refractivity contribution in [2.24, 2.45) is 0 Å². The number of rotatable bonds is 5. The van der Waals surface area contributed by atoms with E-state index in [0.29, 0.717) is 29.4 Å². The largest absolute Gasteiger partial charge is 0.340 e. The van der Waals surface area contributed by atoms with Gasteiger partial charge in [-0.3, -0.25) is 9.48 Å². The quantitative estimate of drug-likeness (QED) is 0.677. The van der Waals surface area contributed by atoms with Crippen LogP contribution in [0, 0.1) is 18.3 Å². The Labute approximate surface area is 155 Å². The minimum Gasteiger partial charge on any atom is -0.340 e. The monoisotopic (exact) mass is 372 g/mol. The number of hydrogen-bond donors (Lipinski definition) is 0. The van der Waals surface area contributed by atoms with Crippen LogP contribution in [0.15, 0.2) is 30.3 Å². The van der Waals surface area contributed by atoms with Gasteiger partial charge >= 0.3 is 0 Å². The van der Waals surface area contributed by atoms with Crippen molar-refractivity contribution in [2.45, 2.75) is 19.9 Å². The summed E-state index contributed by atoms with van der Waals surface area (Å²) in [5, 5.41) is 14.9. The number of hydrogen-bond acceptors (Lipinski definition) is 4. The summed E-state index contributed by atoms with van der Waals surface area (Å²) in [5.41, 5.74) is 1.87. The zero-order chi connectivity index (χ0) is 18.0. The van der Waals surface area contributed by atoms with Crippen LogP contribution < -0.4 is 0 Å². The lowest BCUT2D eigenvalue weighted by Gasteiger charge is -2.13. The third kappa shape index (κ3) is 3.53. The number of benzene rings is 1. The van der Waals surface area contributed by atoms with E-state index in [-0.39, 0.29) is 5.91 Å². The summed E-state index contributed by atoms with van der Waals surface area (Å²) in [5.74, 6) is -0.0693. The third-order valence-electron chi connectivity index (χ3n) is 4.00. The molecule has 0 aliphatic rings. The van der Waals surface area contributed by atoms with Crippen molar-refractivity contribution >= 4 is 39.1 Å². The molecule has 128 valence electrons. The van der Waals surface area contributed by atoms with Crippen molar-refractivity contribution in [3.05, 3.63) is 51.5 Å². The number of halogens is 1. The van der Waals surface area contributed by atoms with E-state index < -0.39 is 0 Å². The molecule has 0 saturated carbocycles.